The summed E-state index contributed by atoms with van der Waals surface area (Å²) in [6, 6.07) is 6.23. The van der Waals surface area contributed by atoms with E-state index in [1.165, 1.54) is 0 Å². The summed E-state index contributed by atoms with van der Waals surface area (Å²) in [4.78, 5) is 46.5. The van der Waals surface area contributed by atoms with E-state index in [1.807, 2.05) is 26.0 Å². The lowest BCUT2D eigenvalue weighted by Crippen LogP contribution is -2.42. The molecule has 3 N–H and O–H groups in total. The first-order valence-corrected chi connectivity index (χ1v) is 11.4. The molecule has 9 heteroatoms. The van der Waals surface area contributed by atoms with Crippen LogP contribution in [-0.2, 0) is 23.9 Å². The number of benzene rings is 1. The molecule has 184 valence electrons. The molecule has 1 aromatic carbocycles. The molecule has 0 aliphatic heterocycles. The molecule has 0 fully saturated rings. The SMILES string of the molecule is CCC(=O)CCCOCCOCC(=O)NC(CCCCNC(=O)c1ccc(C)cc1)C(=O)O. The third kappa shape index (κ3) is 13.4. The molecule has 1 unspecified atom stereocenters. The lowest BCUT2D eigenvalue weighted by molar-refractivity contribution is -0.142. The summed E-state index contributed by atoms with van der Waals surface area (Å²) in [6.07, 6.45) is 3.05. The standard InChI is InChI=1S/C24H36N2O7/c1-3-20(27)7-6-14-32-15-16-33-17-22(28)26-21(24(30)31)8-4-5-13-25-23(29)19-11-9-18(2)10-12-19/h9-12,21H,3-8,13-17H2,1-2H3,(H,25,29)(H,26,28)(H,30,31). The van der Waals surface area contributed by atoms with Crippen LogP contribution in [0.3, 0.4) is 0 Å². The van der Waals surface area contributed by atoms with Crippen molar-refractivity contribution in [3.05, 3.63) is 35.4 Å². The van der Waals surface area contributed by atoms with Gasteiger partial charge in [-0.1, -0.05) is 24.6 Å². The van der Waals surface area contributed by atoms with Gasteiger partial charge in [0.25, 0.3) is 5.91 Å². The minimum Gasteiger partial charge on any atom is -0.480 e. The molecule has 0 aliphatic rings. The van der Waals surface area contributed by atoms with E-state index in [2.05, 4.69) is 10.6 Å². The van der Waals surface area contributed by atoms with E-state index in [4.69, 9.17) is 9.47 Å². The van der Waals surface area contributed by atoms with Crippen LogP contribution in [0, 0.1) is 6.92 Å². The maximum absolute atomic E-state index is 12.0. The van der Waals surface area contributed by atoms with Crippen molar-refractivity contribution in [2.45, 2.75) is 58.4 Å². The minimum absolute atomic E-state index is 0.173. The first-order chi connectivity index (χ1) is 15.8. The first kappa shape index (κ1) is 28.3. The second-order valence-corrected chi connectivity index (χ2v) is 7.74. The van der Waals surface area contributed by atoms with Gasteiger partial charge in [0.15, 0.2) is 0 Å². The van der Waals surface area contributed by atoms with Crippen LogP contribution in [0.15, 0.2) is 24.3 Å². The molecule has 33 heavy (non-hydrogen) atoms. The van der Waals surface area contributed by atoms with Crippen molar-refractivity contribution in [3.8, 4) is 0 Å². The van der Waals surface area contributed by atoms with Gasteiger partial charge in [-0.15, -0.1) is 0 Å². The highest BCUT2D eigenvalue weighted by Crippen LogP contribution is 2.04. The van der Waals surface area contributed by atoms with Crippen molar-refractivity contribution < 1.29 is 33.8 Å². The number of aliphatic carboxylic acids is 1. The summed E-state index contributed by atoms with van der Waals surface area (Å²) in [5, 5.41) is 14.6. The van der Waals surface area contributed by atoms with Crippen molar-refractivity contribution in [3.63, 3.8) is 0 Å². The number of hydrogen-bond donors (Lipinski definition) is 3. The molecule has 0 aliphatic carbocycles. The topological polar surface area (TPSA) is 131 Å². The zero-order valence-electron chi connectivity index (χ0n) is 19.6. The Morgan fingerprint density at radius 2 is 1.67 bits per heavy atom. The van der Waals surface area contributed by atoms with Crippen molar-refractivity contribution >= 4 is 23.6 Å². The fourth-order valence-corrected chi connectivity index (χ4v) is 2.91. The highest BCUT2D eigenvalue weighted by Gasteiger charge is 2.19. The Balaban J connectivity index is 2.13. The van der Waals surface area contributed by atoms with Crippen LogP contribution in [0.4, 0.5) is 0 Å². The Morgan fingerprint density at radius 1 is 0.970 bits per heavy atom. The molecule has 0 heterocycles. The molecule has 1 aromatic rings. The van der Waals surface area contributed by atoms with E-state index >= 15 is 0 Å². The van der Waals surface area contributed by atoms with Crippen LogP contribution in [0.2, 0.25) is 0 Å². The van der Waals surface area contributed by atoms with E-state index < -0.39 is 17.9 Å². The molecule has 0 saturated heterocycles. The molecule has 9 nitrogen and oxygen atoms in total. The molecular formula is C24H36N2O7. The fourth-order valence-electron chi connectivity index (χ4n) is 2.91. The molecule has 0 bridgehead atoms. The Bertz CT molecular complexity index is 750. The number of aryl methyl sites for hydroxylation is 1. The molecule has 0 saturated carbocycles. The average molecular weight is 465 g/mol. The third-order valence-electron chi connectivity index (χ3n) is 4.90. The quantitative estimate of drug-likeness (QED) is 0.284. The number of rotatable bonds is 18. The van der Waals surface area contributed by atoms with E-state index in [0.29, 0.717) is 57.4 Å². The van der Waals surface area contributed by atoms with Gasteiger partial charge in [0.2, 0.25) is 5.91 Å². The number of carbonyl (C=O) groups is 4. The summed E-state index contributed by atoms with van der Waals surface area (Å²) in [5.74, 6) is -1.60. The number of carboxylic acid groups (broad SMARTS) is 1. The predicted octanol–water partition coefficient (Wildman–Crippen LogP) is 2.26. The maximum Gasteiger partial charge on any atom is 0.326 e. The van der Waals surface area contributed by atoms with E-state index in [1.54, 1.807) is 12.1 Å². The second-order valence-electron chi connectivity index (χ2n) is 7.74. The summed E-state index contributed by atoms with van der Waals surface area (Å²) in [5.41, 5.74) is 1.65. The van der Waals surface area contributed by atoms with E-state index in [0.717, 1.165) is 5.56 Å². The lowest BCUT2D eigenvalue weighted by atomic mass is 10.1. The van der Waals surface area contributed by atoms with E-state index in [-0.39, 0.29) is 31.3 Å². The smallest absolute Gasteiger partial charge is 0.326 e. The first-order valence-electron chi connectivity index (χ1n) is 11.4. The predicted molar refractivity (Wildman–Crippen MR) is 123 cm³/mol. The molecule has 1 atom stereocenters. The van der Waals surface area contributed by atoms with Crippen molar-refractivity contribution in [1.82, 2.24) is 10.6 Å². The number of amides is 2. The Hall–Kier alpha value is -2.78. The van der Waals surface area contributed by atoms with Gasteiger partial charge in [0.1, 0.15) is 18.4 Å². The van der Waals surface area contributed by atoms with Gasteiger partial charge in [-0.2, -0.15) is 0 Å². The van der Waals surface area contributed by atoms with Crippen molar-refractivity contribution in [1.29, 1.82) is 0 Å². The summed E-state index contributed by atoms with van der Waals surface area (Å²) >= 11 is 0. The largest absolute Gasteiger partial charge is 0.480 e. The molecular weight excluding hydrogens is 428 g/mol. The number of carbonyl (C=O) groups excluding carboxylic acids is 3. The van der Waals surface area contributed by atoms with Gasteiger partial charge in [-0.3, -0.25) is 14.4 Å². The Kier molecular flexibility index (Phi) is 14.4. The van der Waals surface area contributed by atoms with Crippen LogP contribution < -0.4 is 10.6 Å². The highest BCUT2D eigenvalue weighted by atomic mass is 16.5. The second kappa shape index (κ2) is 16.8. The van der Waals surface area contributed by atoms with Crippen LogP contribution >= 0.6 is 0 Å². The van der Waals surface area contributed by atoms with Crippen LogP contribution in [0.5, 0.6) is 0 Å². The highest BCUT2D eigenvalue weighted by molar-refractivity contribution is 5.94. The van der Waals surface area contributed by atoms with Gasteiger partial charge in [0, 0.05) is 31.6 Å². The van der Waals surface area contributed by atoms with Crippen LogP contribution in [0.25, 0.3) is 0 Å². The lowest BCUT2D eigenvalue weighted by Gasteiger charge is -2.15. The average Bonchev–Trinajstić information content (AvgIpc) is 2.79. The number of ketones is 1. The molecule has 0 aromatic heterocycles. The molecule has 0 spiro atoms. The number of carboxylic acids is 1. The van der Waals surface area contributed by atoms with Gasteiger partial charge >= 0.3 is 5.97 Å². The van der Waals surface area contributed by atoms with Gasteiger partial charge in [0.05, 0.1) is 13.2 Å². The normalized spacial score (nSPS) is 11.6. The maximum atomic E-state index is 12.0. The fraction of sp³-hybridized carbons (Fsp3) is 0.583. The summed E-state index contributed by atoms with van der Waals surface area (Å²) in [7, 11) is 0. The minimum atomic E-state index is -1.11. The third-order valence-corrected chi connectivity index (χ3v) is 4.90. The monoisotopic (exact) mass is 464 g/mol. The zero-order valence-corrected chi connectivity index (χ0v) is 19.6. The molecule has 1 rings (SSSR count). The van der Waals surface area contributed by atoms with Gasteiger partial charge < -0.3 is 25.2 Å². The number of Topliss-reactive ketones (excluding diaryl/α,β-unsaturated/α-hetero) is 1. The number of ether oxygens (including phenoxy) is 2. The zero-order chi connectivity index (χ0) is 24.5. The van der Waals surface area contributed by atoms with Crippen molar-refractivity contribution in [2.24, 2.45) is 0 Å². The van der Waals surface area contributed by atoms with Crippen molar-refractivity contribution in [2.75, 3.05) is 33.0 Å². The molecule has 2 amide bonds. The Labute approximate surface area is 195 Å². The Morgan fingerprint density at radius 3 is 2.33 bits per heavy atom. The van der Waals surface area contributed by atoms with Gasteiger partial charge in [-0.05, 0) is 44.7 Å². The number of unbranched alkanes of at least 4 members (excludes halogenated alkanes) is 1. The van der Waals surface area contributed by atoms with Crippen LogP contribution in [0.1, 0.15) is 61.4 Å². The number of hydrogen-bond acceptors (Lipinski definition) is 6. The molecule has 0 radical (unpaired) electrons. The van der Waals surface area contributed by atoms with Gasteiger partial charge in [-0.25, -0.2) is 4.79 Å². The number of nitrogens with one attached hydrogen (secondary N) is 2. The van der Waals surface area contributed by atoms with E-state index in [9.17, 15) is 24.3 Å². The summed E-state index contributed by atoms with van der Waals surface area (Å²) in [6.45, 7) is 4.88. The van der Waals surface area contributed by atoms with Crippen LogP contribution in [-0.4, -0.2) is 67.7 Å². The summed E-state index contributed by atoms with van der Waals surface area (Å²) < 4.78 is 10.5.